The number of hydrogen-bond donors (Lipinski definition) is 2. The average Bonchev–Trinajstić information content (AvgIpc) is 2.24. The van der Waals surface area contributed by atoms with Crippen molar-refractivity contribution in [2.75, 3.05) is 12.8 Å². The Morgan fingerprint density at radius 3 is 2.61 bits per heavy atom. The normalized spacial score (nSPS) is 14.0. The topological polar surface area (TPSA) is 66.4 Å². The van der Waals surface area contributed by atoms with Crippen molar-refractivity contribution >= 4 is 39.9 Å². The molecule has 0 aromatic heterocycles. The van der Waals surface area contributed by atoms with E-state index >= 15 is 0 Å². The zero-order valence-corrected chi connectivity index (χ0v) is 12.2. The molecule has 7 heteroatoms. The van der Waals surface area contributed by atoms with Gasteiger partial charge < -0.3 is 10.4 Å². The molecule has 2 atom stereocenters. The number of phenols is 1. The number of rotatable bonds is 4. The Labute approximate surface area is 118 Å². The predicted molar refractivity (Wildman–Crippen MR) is 74.0 cm³/mol. The molecule has 1 aromatic rings. The van der Waals surface area contributed by atoms with E-state index in [2.05, 4.69) is 5.32 Å². The number of carbonyl (C=O) groups is 1. The fourth-order valence-corrected chi connectivity index (χ4v) is 2.11. The average molecular weight is 310 g/mol. The summed E-state index contributed by atoms with van der Waals surface area (Å²) in [5.74, 6) is -0.804. The van der Waals surface area contributed by atoms with Crippen LogP contribution in [-0.2, 0) is 10.8 Å². The van der Waals surface area contributed by atoms with Gasteiger partial charge in [-0.2, -0.15) is 0 Å². The van der Waals surface area contributed by atoms with Crippen molar-refractivity contribution in [2.45, 2.75) is 12.2 Å². The Morgan fingerprint density at radius 2 is 2.11 bits per heavy atom. The largest absolute Gasteiger partial charge is 0.507 e. The van der Waals surface area contributed by atoms with Crippen LogP contribution in [0.3, 0.4) is 0 Å². The molecule has 1 amide bonds. The lowest BCUT2D eigenvalue weighted by molar-refractivity contribution is 0.0951. The molecule has 0 aliphatic heterocycles. The summed E-state index contributed by atoms with van der Waals surface area (Å²) in [7, 11) is -1.03. The molecule has 18 heavy (non-hydrogen) atoms. The van der Waals surface area contributed by atoms with Gasteiger partial charge in [-0.25, -0.2) is 0 Å². The third kappa shape index (κ3) is 3.86. The molecular weight excluding hydrogens is 297 g/mol. The van der Waals surface area contributed by atoms with E-state index in [9.17, 15) is 14.1 Å². The smallest absolute Gasteiger partial charge is 0.256 e. The standard InChI is InChI=1S/C11H13Cl2NO3S/c1-6(18(2)17)5-14-11(16)10-8(13)3-7(12)4-9(10)15/h3-4,6,15H,5H2,1-2H3,(H,14,16)/t6-,18-/m0/s1. The number of hydrogen-bond acceptors (Lipinski definition) is 3. The molecule has 0 radical (unpaired) electrons. The van der Waals surface area contributed by atoms with Crippen LogP contribution in [0.4, 0.5) is 0 Å². The molecule has 0 unspecified atom stereocenters. The molecule has 0 saturated heterocycles. The second-order valence-corrected chi connectivity index (χ2v) is 6.45. The first-order chi connectivity index (χ1) is 8.32. The van der Waals surface area contributed by atoms with Crippen molar-refractivity contribution in [2.24, 2.45) is 0 Å². The Hall–Kier alpha value is -0.780. The Morgan fingerprint density at radius 1 is 1.50 bits per heavy atom. The number of carbonyl (C=O) groups excluding carboxylic acids is 1. The van der Waals surface area contributed by atoms with Crippen LogP contribution in [0.1, 0.15) is 17.3 Å². The fourth-order valence-electron chi connectivity index (χ4n) is 1.23. The molecule has 2 N–H and O–H groups in total. The lowest BCUT2D eigenvalue weighted by atomic mass is 10.2. The van der Waals surface area contributed by atoms with Crippen molar-refractivity contribution < 1.29 is 14.1 Å². The molecule has 0 saturated carbocycles. The van der Waals surface area contributed by atoms with E-state index in [1.54, 1.807) is 13.2 Å². The van der Waals surface area contributed by atoms with Crippen LogP contribution >= 0.6 is 23.2 Å². The minimum atomic E-state index is -1.03. The van der Waals surface area contributed by atoms with E-state index in [1.165, 1.54) is 12.1 Å². The summed E-state index contributed by atoms with van der Waals surface area (Å²) in [6.07, 6.45) is 1.56. The SMILES string of the molecule is C[C@@H](CNC(=O)c1c(O)cc(Cl)cc1Cl)[S@](C)=O. The molecule has 0 spiro atoms. The molecule has 0 heterocycles. The summed E-state index contributed by atoms with van der Waals surface area (Å²) in [4.78, 5) is 11.8. The lowest BCUT2D eigenvalue weighted by Crippen LogP contribution is -2.32. The van der Waals surface area contributed by atoms with E-state index in [1.807, 2.05) is 0 Å². The maximum Gasteiger partial charge on any atom is 0.256 e. The van der Waals surface area contributed by atoms with Crippen LogP contribution in [0.25, 0.3) is 0 Å². The van der Waals surface area contributed by atoms with E-state index in [0.29, 0.717) is 0 Å². The molecule has 0 aliphatic carbocycles. The molecule has 0 aliphatic rings. The van der Waals surface area contributed by atoms with Crippen LogP contribution < -0.4 is 5.32 Å². The number of amides is 1. The van der Waals surface area contributed by atoms with Gasteiger partial charge in [-0.3, -0.25) is 9.00 Å². The maximum absolute atomic E-state index is 11.8. The Balaban J connectivity index is 2.82. The van der Waals surface area contributed by atoms with E-state index in [4.69, 9.17) is 23.2 Å². The molecule has 4 nitrogen and oxygen atoms in total. The second kappa shape index (κ2) is 6.41. The summed E-state index contributed by atoms with van der Waals surface area (Å²) in [6.45, 7) is 1.99. The molecule has 0 bridgehead atoms. The minimum absolute atomic E-state index is 0.0323. The summed E-state index contributed by atoms with van der Waals surface area (Å²) in [6, 6.07) is 2.61. The van der Waals surface area contributed by atoms with Gasteiger partial charge in [0, 0.05) is 33.9 Å². The lowest BCUT2D eigenvalue weighted by Gasteiger charge is -2.12. The molecule has 0 fully saturated rings. The van der Waals surface area contributed by atoms with Gasteiger partial charge >= 0.3 is 0 Å². The Bertz CT molecular complexity index is 470. The maximum atomic E-state index is 11.8. The first kappa shape index (κ1) is 15.3. The van der Waals surface area contributed by atoms with Crippen molar-refractivity contribution in [3.8, 4) is 5.75 Å². The summed E-state index contributed by atoms with van der Waals surface area (Å²) >= 11 is 11.5. The number of benzene rings is 1. The van der Waals surface area contributed by atoms with Gasteiger partial charge in [0.15, 0.2) is 0 Å². The highest BCUT2D eigenvalue weighted by atomic mass is 35.5. The zero-order chi connectivity index (χ0) is 13.9. The number of aromatic hydroxyl groups is 1. The summed E-state index contributed by atoms with van der Waals surface area (Å²) in [5.41, 5.74) is -0.0323. The van der Waals surface area contributed by atoms with Crippen molar-refractivity contribution in [1.29, 1.82) is 0 Å². The number of phenolic OH excluding ortho intramolecular Hbond substituents is 1. The fraction of sp³-hybridized carbons (Fsp3) is 0.364. The number of nitrogens with one attached hydrogen (secondary N) is 1. The van der Waals surface area contributed by atoms with Crippen LogP contribution in [-0.4, -0.2) is 33.3 Å². The van der Waals surface area contributed by atoms with E-state index in [0.717, 1.165) is 0 Å². The number of halogens is 2. The van der Waals surface area contributed by atoms with Gasteiger partial charge in [-0.05, 0) is 19.1 Å². The Kier molecular flexibility index (Phi) is 5.44. The summed E-state index contributed by atoms with van der Waals surface area (Å²) < 4.78 is 11.1. The zero-order valence-electron chi connectivity index (χ0n) is 9.87. The molecule has 100 valence electrons. The third-order valence-corrected chi connectivity index (χ3v) is 4.19. The van der Waals surface area contributed by atoms with Gasteiger partial charge in [0.1, 0.15) is 5.75 Å². The van der Waals surface area contributed by atoms with Gasteiger partial charge in [0.25, 0.3) is 5.91 Å². The van der Waals surface area contributed by atoms with Gasteiger partial charge in [-0.15, -0.1) is 0 Å². The minimum Gasteiger partial charge on any atom is -0.507 e. The quantitative estimate of drug-likeness (QED) is 0.896. The van der Waals surface area contributed by atoms with Gasteiger partial charge in [0.2, 0.25) is 0 Å². The molecule has 1 aromatic carbocycles. The summed E-state index contributed by atoms with van der Waals surface area (Å²) in [5, 5.41) is 12.3. The van der Waals surface area contributed by atoms with Crippen molar-refractivity contribution in [1.82, 2.24) is 5.32 Å². The highest BCUT2D eigenvalue weighted by Gasteiger charge is 2.17. The molecule has 1 rings (SSSR count). The van der Waals surface area contributed by atoms with Crippen molar-refractivity contribution in [3.05, 3.63) is 27.7 Å². The molecular formula is C11H13Cl2NO3S. The predicted octanol–water partition coefficient (Wildman–Crippen LogP) is 2.20. The monoisotopic (exact) mass is 309 g/mol. The van der Waals surface area contributed by atoms with E-state index in [-0.39, 0.29) is 33.2 Å². The first-order valence-electron chi connectivity index (χ1n) is 5.11. The third-order valence-electron chi connectivity index (χ3n) is 2.38. The van der Waals surface area contributed by atoms with E-state index < -0.39 is 16.7 Å². The van der Waals surface area contributed by atoms with Crippen LogP contribution in [0.5, 0.6) is 5.75 Å². The highest BCUT2D eigenvalue weighted by molar-refractivity contribution is 7.84. The van der Waals surface area contributed by atoms with Crippen molar-refractivity contribution in [3.63, 3.8) is 0 Å². The van der Waals surface area contributed by atoms with Gasteiger partial charge in [0.05, 0.1) is 10.6 Å². The van der Waals surface area contributed by atoms with Gasteiger partial charge in [-0.1, -0.05) is 23.2 Å². The highest BCUT2D eigenvalue weighted by Crippen LogP contribution is 2.29. The van der Waals surface area contributed by atoms with Crippen LogP contribution in [0, 0.1) is 0 Å². The van der Waals surface area contributed by atoms with Crippen LogP contribution in [0.15, 0.2) is 12.1 Å². The first-order valence-corrected chi connectivity index (χ1v) is 7.49. The van der Waals surface area contributed by atoms with Crippen LogP contribution in [0.2, 0.25) is 10.0 Å². The second-order valence-electron chi connectivity index (χ2n) is 3.80.